The van der Waals surface area contributed by atoms with Gasteiger partial charge < -0.3 is 5.32 Å². The summed E-state index contributed by atoms with van der Waals surface area (Å²) in [6.45, 7) is 0. The molecule has 0 aliphatic heterocycles. The van der Waals surface area contributed by atoms with E-state index >= 15 is 0 Å². The van der Waals surface area contributed by atoms with Crippen molar-refractivity contribution in [3.63, 3.8) is 0 Å². The first-order valence-electron chi connectivity index (χ1n) is 6.28. The van der Waals surface area contributed by atoms with Crippen molar-refractivity contribution in [2.24, 2.45) is 0 Å². The van der Waals surface area contributed by atoms with Crippen molar-refractivity contribution in [2.75, 3.05) is 5.32 Å². The molecule has 0 aliphatic carbocycles. The van der Waals surface area contributed by atoms with Crippen molar-refractivity contribution in [1.29, 1.82) is 0 Å². The second-order valence-corrected chi connectivity index (χ2v) is 6.07. The van der Waals surface area contributed by atoms with Crippen molar-refractivity contribution in [1.82, 2.24) is 4.98 Å². The van der Waals surface area contributed by atoms with E-state index in [9.17, 15) is 19.3 Å². The molecule has 0 fully saturated rings. The number of thiophene rings is 1. The topological polar surface area (TPSA) is 85.1 Å². The maximum Gasteiger partial charge on any atom is 0.306 e. The highest BCUT2D eigenvalue weighted by atomic mass is 32.1. The first-order chi connectivity index (χ1) is 11.0. The molecule has 0 radical (unpaired) electrons. The molecule has 0 saturated heterocycles. The molecule has 6 nitrogen and oxygen atoms in total. The summed E-state index contributed by atoms with van der Waals surface area (Å²) < 4.78 is 13.3. The van der Waals surface area contributed by atoms with Crippen molar-refractivity contribution < 1.29 is 14.1 Å². The Hall–Kier alpha value is -2.65. The molecule has 1 N–H and O–H groups in total. The van der Waals surface area contributed by atoms with Gasteiger partial charge in [-0.15, -0.1) is 11.3 Å². The van der Waals surface area contributed by atoms with E-state index in [2.05, 4.69) is 10.3 Å². The molecule has 2 heterocycles. The Balaban J connectivity index is 1.80. The predicted octanol–water partition coefficient (Wildman–Crippen LogP) is 4.17. The lowest BCUT2D eigenvalue weighted by Gasteiger charge is -2.03. The second-order valence-electron chi connectivity index (χ2n) is 4.43. The van der Waals surface area contributed by atoms with Gasteiger partial charge in [0.1, 0.15) is 10.7 Å². The minimum absolute atomic E-state index is 0.133. The van der Waals surface area contributed by atoms with Gasteiger partial charge in [0, 0.05) is 28.1 Å². The molecular formula is C14H8FN3O3S2. The van der Waals surface area contributed by atoms with Crippen LogP contribution in [0.2, 0.25) is 0 Å². The number of amides is 1. The van der Waals surface area contributed by atoms with Crippen LogP contribution in [0.15, 0.2) is 40.4 Å². The third-order valence-corrected chi connectivity index (χ3v) is 4.48. The normalized spacial score (nSPS) is 10.5. The summed E-state index contributed by atoms with van der Waals surface area (Å²) in [5.74, 6) is -1.47. The van der Waals surface area contributed by atoms with Crippen LogP contribution in [0.25, 0.3) is 10.6 Å². The van der Waals surface area contributed by atoms with Crippen molar-refractivity contribution in [3.05, 3.63) is 62.0 Å². The Morgan fingerprint density at radius 1 is 1.30 bits per heavy atom. The first kappa shape index (κ1) is 15.3. The monoisotopic (exact) mass is 349 g/mol. The predicted molar refractivity (Wildman–Crippen MR) is 86.4 cm³/mol. The highest BCUT2D eigenvalue weighted by Gasteiger charge is 2.17. The van der Waals surface area contributed by atoms with Gasteiger partial charge in [-0.25, -0.2) is 4.98 Å². The molecule has 0 aliphatic rings. The van der Waals surface area contributed by atoms with Gasteiger partial charge in [-0.1, -0.05) is 0 Å². The SMILES string of the molecule is O=C(Nc1ccc(F)c([N+](=O)[O-])c1)c1csc(-c2ccsc2)n1. The van der Waals surface area contributed by atoms with Crippen LogP contribution in [0, 0.1) is 15.9 Å². The smallest absolute Gasteiger partial charge is 0.306 e. The molecule has 116 valence electrons. The number of halogens is 1. The molecule has 0 spiro atoms. The number of nitrogens with one attached hydrogen (secondary N) is 1. The molecule has 2 aromatic heterocycles. The number of benzene rings is 1. The van der Waals surface area contributed by atoms with Gasteiger partial charge in [-0.2, -0.15) is 15.7 Å². The molecule has 0 saturated carbocycles. The summed E-state index contributed by atoms with van der Waals surface area (Å²) in [5.41, 5.74) is 0.563. The molecule has 3 aromatic rings. The van der Waals surface area contributed by atoms with Crippen LogP contribution in [0.3, 0.4) is 0 Å². The number of nitrogens with zero attached hydrogens (tertiary/aromatic N) is 2. The molecule has 0 atom stereocenters. The molecule has 0 bridgehead atoms. The average molecular weight is 349 g/mol. The fraction of sp³-hybridized carbons (Fsp3) is 0. The van der Waals surface area contributed by atoms with Crippen LogP contribution in [-0.4, -0.2) is 15.8 Å². The fourth-order valence-electron chi connectivity index (χ4n) is 1.82. The van der Waals surface area contributed by atoms with Gasteiger partial charge in [-0.05, 0) is 23.6 Å². The van der Waals surface area contributed by atoms with Gasteiger partial charge in [0.05, 0.1) is 4.92 Å². The lowest BCUT2D eigenvalue weighted by atomic mass is 10.2. The second kappa shape index (κ2) is 6.23. The Morgan fingerprint density at radius 2 is 2.13 bits per heavy atom. The van der Waals surface area contributed by atoms with Gasteiger partial charge >= 0.3 is 5.69 Å². The number of carbonyl (C=O) groups excluding carboxylic acids is 1. The summed E-state index contributed by atoms with van der Waals surface area (Å²) in [5, 5.41) is 19.3. The highest BCUT2D eigenvalue weighted by Crippen LogP contribution is 2.26. The third-order valence-electron chi connectivity index (χ3n) is 2.91. The Morgan fingerprint density at radius 3 is 2.83 bits per heavy atom. The molecule has 3 rings (SSSR count). The largest absolute Gasteiger partial charge is 0.320 e. The molecule has 1 aromatic carbocycles. The zero-order valence-corrected chi connectivity index (χ0v) is 13.0. The quantitative estimate of drug-likeness (QED) is 0.566. The maximum absolute atomic E-state index is 13.3. The van der Waals surface area contributed by atoms with E-state index in [1.165, 1.54) is 28.7 Å². The van der Waals surface area contributed by atoms with E-state index in [0.29, 0.717) is 5.01 Å². The van der Waals surface area contributed by atoms with E-state index < -0.39 is 22.3 Å². The van der Waals surface area contributed by atoms with Crippen LogP contribution in [-0.2, 0) is 0 Å². The summed E-state index contributed by atoms with van der Waals surface area (Å²) in [6, 6.07) is 5.06. The number of carbonyl (C=O) groups is 1. The third kappa shape index (κ3) is 3.25. The van der Waals surface area contributed by atoms with Crippen LogP contribution >= 0.6 is 22.7 Å². The van der Waals surface area contributed by atoms with E-state index in [1.54, 1.807) is 5.38 Å². The maximum atomic E-state index is 13.3. The van der Waals surface area contributed by atoms with E-state index in [4.69, 9.17) is 0 Å². The average Bonchev–Trinajstić information content (AvgIpc) is 3.19. The number of hydrogen-bond donors (Lipinski definition) is 1. The van der Waals surface area contributed by atoms with Crippen LogP contribution < -0.4 is 5.32 Å². The number of aromatic nitrogens is 1. The number of anilines is 1. The van der Waals surface area contributed by atoms with Gasteiger partial charge in [0.25, 0.3) is 5.91 Å². The Kier molecular flexibility index (Phi) is 4.13. The van der Waals surface area contributed by atoms with Crippen LogP contribution in [0.1, 0.15) is 10.5 Å². The number of rotatable bonds is 4. The first-order valence-corrected chi connectivity index (χ1v) is 8.10. The summed E-state index contributed by atoms with van der Waals surface area (Å²) >= 11 is 2.85. The van der Waals surface area contributed by atoms with Gasteiger partial charge in [0.2, 0.25) is 5.82 Å². The van der Waals surface area contributed by atoms with E-state index in [0.717, 1.165) is 17.7 Å². The number of hydrogen-bond acceptors (Lipinski definition) is 6. The van der Waals surface area contributed by atoms with Crippen LogP contribution in [0.5, 0.6) is 0 Å². The number of thiazole rings is 1. The number of nitro benzene ring substituents is 1. The van der Waals surface area contributed by atoms with Crippen molar-refractivity contribution >= 4 is 40.0 Å². The lowest BCUT2D eigenvalue weighted by Crippen LogP contribution is -2.12. The highest BCUT2D eigenvalue weighted by molar-refractivity contribution is 7.14. The van der Waals surface area contributed by atoms with Crippen LogP contribution in [0.4, 0.5) is 15.8 Å². The number of nitro groups is 1. The van der Waals surface area contributed by atoms with Crippen molar-refractivity contribution in [2.45, 2.75) is 0 Å². The molecule has 23 heavy (non-hydrogen) atoms. The molecule has 1 amide bonds. The van der Waals surface area contributed by atoms with E-state index in [1.807, 2.05) is 16.8 Å². The van der Waals surface area contributed by atoms with Gasteiger partial charge in [0.15, 0.2) is 0 Å². The summed E-state index contributed by atoms with van der Waals surface area (Å²) in [4.78, 5) is 26.2. The molecule has 9 heteroatoms. The Labute approximate surface area is 137 Å². The standard InChI is InChI=1S/C14H8FN3O3S2/c15-10-2-1-9(5-12(10)18(20)21)16-13(19)11-7-23-14(17-11)8-3-4-22-6-8/h1-7H,(H,16,19). The fourth-order valence-corrected chi connectivity index (χ4v) is 3.33. The summed E-state index contributed by atoms with van der Waals surface area (Å²) in [6.07, 6.45) is 0. The molecule has 0 unspecified atom stereocenters. The van der Waals surface area contributed by atoms with Crippen molar-refractivity contribution in [3.8, 4) is 10.6 Å². The van der Waals surface area contributed by atoms with Gasteiger partial charge in [-0.3, -0.25) is 14.9 Å². The Bertz CT molecular complexity index is 877. The summed E-state index contributed by atoms with van der Waals surface area (Å²) in [7, 11) is 0. The lowest BCUT2D eigenvalue weighted by molar-refractivity contribution is -0.387. The molecular weight excluding hydrogens is 341 g/mol. The minimum atomic E-state index is -0.957. The zero-order valence-electron chi connectivity index (χ0n) is 11.4. The minimum Gasteiger partial charge on any atom is -0.320 e. The zero-order chi connectivity index (χ0) is 16.4. The van der Waals surface area contributed by atoms with E-state index in [-0.39, 0.29) is 11.4 Å².